The molecule has 1 heterocycles. The number of aromatic amines is 1. The van der Waals surface area contributed by atoms with Crippen LogP contribution in [0.15, 0.2) is 30.6 Å². The second-order valence-electron chi connectivity index (χ2n) is 1.92. The van der Waals surface area contributed by atoms with Gasteiger partial charge in [-0.2, -0.15) is 0 Å². The van der Waals surface area contributed by atoms with Gasteiger partial charge in [0.1, 0.15) is 0 Å². The van der Waals surface area contributed by atoms with E-state index in [9.17, 15) is 0 Å². The van der Waals surface area contributed by atoms with Crippen molar-refractivity contribution >= 4 is 19.4 Å². The van der Waals surface area contributed by atoms with E-state index >= 15 is 0 Å². The minimum Gasteiger partial charge on any atom is -1.00 e. The van der Waals surface area contributed by atoms with Gasteiger partial charge in [-0.1, -0.05) is 12.1 Å². The number of hydrogen-bond donors (Lipinski definition) is 1. The Morgan fingerprint density at radius 3 is 2.23 bits per heavy atom. The molecule has 2 rings (SSSR count). The van der Waals surface area contributed by atoms with Crippen molar-refractivity contribution in [3.8, 4) is 0 Å². The predicted molar refractivity (Wildman–Crippen MR) is 41.8 cm³/mol. The zero-order chi connectivity index (χ0) is 6.10. The fraction of sp³-hybridized carbons (Fsp3) is 0. The third kappa shape index (κ3) is 3.19. The maximum atomic E-state index is 4.06. The van der Waals surface area contributed by atoms with Crippen molar-refractivity contribution in [2.45, 2.75) is 0 Å². The van der Waals surface area contributed by atoms with Crippen LogP contribution in [0.1, 0.15) is 0 Å². The number of fused-ring (bicyclic) bond motifs is 1. The van der Waals surface area contributed by atoms with Gasteiger partial charge in [-0.25, -0.2) is 4.98 Å². The first-order valence-corrected chi connectivity index (χ1v) is 2.85. The van der Waals surface area contributed by atoms with Crippen LogP contribution in [0.2, 0.25) is 0 Å². The molecular weight excluding hydrogens is 180 g/mol. The molecule has 6 heteroatoms. The molecule has 1 aromatic carbocycles. The molecule has 0 saturated heterocycles. The summed E-state index contributed by atoms with van der Waals surface area (Å²) in [7, 11) is 0. The molecule has 0 amide bonds. The maximum absolute atomic E-state index is 4.06. The molecule has 0 radical (unpaired) electrons. The van der Waals surface area contributed by atoms with Gasteiger partial charge in [0.25, 0.3) is 0 Å². The van der Waals surface area contributed by atoms with Gasteiger partial charge in [-0.15, -0.1) is 0 Å². The van der Waals surface area contributed by atoms with Crippen LogP contribution in [-0.4, -0.2) is 18.4 Å². The van der Waals surface area contributed by atoms with E-state index in [-0.39, 0.29) is 22.5 Å². The van der Waals surface area contributed by atoms with Crippen LogP contribution in [0.5, 0.6) is 0 Å². The van der Waals surface area contributed by atoms with Gasteiger partial charge >= 0.3 is 8.41 Å². The summed E-state index contributed by atoms with van der Waals surface area (Å²) in [6.45, 7) is 0. The average Bonchev–Trinajstić information content (AvgIpc) is 2.33. The third-order valence-corrected chi connectivity index (χ3v) is 1.33. The van der Waals surface area contributed by atoms with E-state index in [0.717, 1.165) is 11.0 Å². The van der Waals surface area contributed by atoms with E-state index in [1.807, 2.05) is 24.3 Å². The summed E-state index contributed by atoms with van der Waals surface area (Å²) in [6, 6.07) is 7.94. The van der Waals surface area contributed by atoms with Crippen LogP contribution in [0, 0.1) is 0 Å². The first kappa shape index (κ1) is 17.6. The van der Waals surface area contributed by atoms with Crippen LogP contribution >= 0.6 is 0 Å². The van der Waals surface area contributed by atoms with Crippen molar-refractivity contribution in [3.63, 3.8) is 0 Å². The van der Waals surface area contributed by atoms with E-state index in [2.05, 4.69) is 9.97 Å². The number of H-pyrrole nitrogens is 1. The Labute approximate surface area is 75.0 Å². The van der Waals surface area contributed by atoms with Crippen molar-refractivity contribution in [1.29, 1.82) is 0 Å². The van der Waals surface area contributed by atoms with Crippen LogP contribution in [0.3, 0.4) is 0 Å². The fourth-order valence-corrected chi connectivity index (χ4v) is 0.880. The number of aromatic nitrogens is 2. The van der Waals surface area contributed by atoms with Gasteiger partial charge in [0.15, 0.2) is 0 Å². The molecule has 1 N–H and O–H groups in total. The van der Waals surface area contributed by atoms with Gasteiger partial charge in [0, 0.05) is 0 Å². The molecule has 0 unspecified atom stereocenters. The minimum atomic E-state index is 0. The van der Waals surface area contributed by atoms with E-state index < -0.39 is 0 Å². The molecule has 13 heavy (non-hydrogen) atoms. The normalized spacial score (nSPS) is 7.08. The molecule has 0 aliphatic rings. The predicted octanol–water partition coefficient (Wildman–Crippen LogP) is -7.81. The Morgan fingerprint density at radius 2 is 1.62 bits per heavy atom. The smallest absolute Gasteiger partial charge is 1.00 e. The van der Waals surface area contributed by atoms with E-state index in [4.69, 9.17) is 0 Å². The topological polar surface area (TPSA) is 28.7 Å². The minimum absolute atomic E-state index is 0. The molecule has 0 spiro atoms. The Hall–Kier alpha value is -1.46. The summed E-state index contributed by atoms with van der Waals surface area (Å²) >= 11 is 0. The monoisotopic (exact) mass is 186 g/mol. The molecule has 1 aromatic heterocycles. The standard InChI is InChI=1S/C7H6N2.B.3FH/c1-2-4-7-6(3-1)8-5-9-7;;;;/h1-5H,(H,8,9);;3*1H/q;+3;;;/p-3. The molecule has 0 atom stereocenters. The zero-order valence-electron chi connectivity index (χ0n) is 6.55. The summed E-state index contributed by atoms with van der Waals surface area (Å²) in [5, 5.41) is 0. The number of benzene rings is 1. The third-order valence-electron chi connectivity index (χ3n) is 1.33. The molecule has 68 valence electrons. The van der Waals surface area contributed by atoms with Gasteiger partial charge in [0.05, 0.1) is 17.4 Å². The molecule has 0 aliphatic heterocycles. The largest absolute Gasteiger partial charge is 3.00 e. The second-order valence-corrected chi connectivity index (χ2v) is 1.92. The van der Waals surface area contributed by atoms with Crippen LogP contribution in [0.25, 0.3) is 11.0 Å². The number of halogens is 3. The number of nitrogens with zero attached hydrogens (tertiary/aromatic N) is 1. The number of nitrogens with one attached hydrogen (secondary N) is 1. The van der Waals surface area contributed by atoms with E-state index in [1.165, 1.54) is 0 Å². The molecule has 0 saturated carbocycles. The maximum Gasteiger partial charge on any atom is 3.00 e. The quantitative estimate of drug-likeness (QED) is 0.407. The van der Waals surface area contributed by atoms with Crippen molar-refractivity contribution in [2.75, 3.05) is 0 Å². The summed E-state index contributed by atoms with van der Waals surface area (Å²) in [4.78, 5) is 7.07. The van der Waals surface area contributed by atoms with E-state index in [1.54, 1.807) is 6.33 Å². The number of rotatable bonds is 0. The van der Waals surface area contributed by atoms with E-state index in [0.29, 0.717) is 0 Å². The molecule has 2 nitrogen and oxygen atoms in total. The molecule has 0 aliphatic carbocycles. The van der Waals surface area contributed by atoms with Crippen LogP contribution in [-0.2, 0) is 0 Å². The van der Waals surface area contributed by atoms with Gasteiger partial charge in [-0.05, 0) is 12.1 Å². The Balaban J connectivity index is -0.000000250. The molecular formula is C7H6BF3N2. The molecule has 0 fully saturated rings. The SMILES string of the molecule is [B+3].[F-].[F-].[F-].c1ccc2[nH]cnc2c1. The first-order valence-electron chi connectivity index (χ1n) is 2.85. The van der Waals surface area contributed by atoms with Crippen LogP contribution in [0.4, 0.5) is 0 Å². The Kier molecular flexibility index (Phi) is 9.75. The molecule has 0 bridgehead atoms. The summed E-state index contributed by atoms with van der Waals surface area (Å²) in [5.74, 6) is 0. The van der Waals surface area contributed by atoms with Crippen LogP contribution < -0.4 is 14.1 Å². The summed E-state index contributed by atoms with van der Waals surface area (Å²) in [5.41, 5.74) is 2.12. The molecule has 2 aromatic rings. The van der Waals surface area contributed by atoms with Crippen molar-refractivity contribution in [1.82, 2.24) is 9.97 Å². The zero-order valence-corrected chi connectivity index (χ0v) is 6.55. The number of para-hydroxylation sites is 2. The average molecular weight is 186 g/mol. The second kappa shape index (κ2) is 7.21. The number of hydrogen-bond acceptors (Lipinski definition) is 1. The summed E-state index contributed by atoms with van der Waals surface area (Å²) < 4.78 is 0. The Bertz CT molecular complexity index is 296. The fourth-order valence-electron chi connectivity index (χ4n) is 0.880. The van der Waals surface area contributed by atoms with Crippen molar-refractivity contribution in [2.24, 2.45) is 0 Å². The Morgan fingerprint density at radius 1 is 1.00 bits per heavy atom. The first-order chi connectivity index (χ1) is 4.47. The number of imidazole rings is 1. The van der Waals surface area contributed by atoms with Gasteiger partial charge < -0.3 is 19.1 Å². The van der Waals surface area contributed by atoms with Gasteiger partial charge in [0.2, 0.25) is 0 Å². The van der Waals surface area contributed by atoms with Gasteiger partial charge in [-0.3, -0.25) is 0 Å². The van der Waals surface area contributed by atoms with Crippen molar-refractivity contribution < 1.29 is 14.1 Å². The summed E-state index contributed by atoms with van der Waals surface area (Å²) in [6.07, 6.45) is 1.70. The van der Waals surface area contributed by atoms with Crippen molar-refractivity contribution in [3.05, 3.63) is 30.6 Å².